The Balaban J connectivity index is 1.80. The summed E-state index contributed by atoms with van der Waals surface area (Å²) >= 11 is 0. The maximum Gasteiger partial charge on any atom is 0.338 e. The monoisotopic (exact) mass is 455 g/mol. The average Bonchev–Trinajstić information content (AvgIpc) is 2.71. The molecule has 0 spiro atoms. The molecule has 1 atom stereocenters. The minimum Gasteiger partial charge on any atom is -0.486 e. The summed E-state index contributed by atoms with van der Waals surface area (Å²) < 4.78 is 16.3. The van der Waals surface area contributed by atoms with Gasteiger partial charge in [-0.2, -0.15) is 0 Å². The fourth-order valence-corrected chi connectivity index (χ4v) is 3.80. The van der Waals surface area contributed by atoms with Crippen LogP contribution in [-0.2, 0) is 4.74 Å². The number of carbonyl (C=O) groups is 1. The predicted molar refractivity (Wildman–Crippen MR) is 123 cm³/mol. The maximum absolute atomic E-state index is 12.3. The van der Waals surface area contributed by atoms with E-state index < -0.39 is 30.7 Å². The Morgan fingerprint density at radius 1 is 1.12 bits per heavy atom. The molecular formula is C23H25NO7Si. The third-order valence-electron chi connectivity index (χ3n) is 4.89. The quantitative estimate of drug-likeness (QED) is 0.148. The molecule has 0 N–H and O–H groups in total. The lowest BCUT2D eigenvalue weighted by molar-refractivity contribution is -0.386. The average molecular weight is 456 g/mol. The van der Waals surface area contributed by atoms with Gasteiger partial charge in [0.15, 0.2) is 0 Å². The number of hydrogen-bond acceptors (Lipinski definition) is 7. The molecule has 0 aliphatic heterocycles. The van der Waals surface area contributed by atoms with E-state index in [1.807, 2.05) is 0 Å². The van der Waals surface area contributed by atoms with E-state index in [9.17, 15) is 19.7 Å². The van der Waals surface area contributed by atoms with Gasteiger partial charge in [0, 0.05) is 31.7 Å². The second kappa shape index (κ2) is 9.35. The van der Waals surface area contributed by atoms with E-state index in [4.69, 9.17) is 13.9 Å². The fraction of sp³-hybridized carbons (Fsp3) is 0.304. The predicted octanol–water partition coefficient (Wildman–Crippen LogP) is 5.34. The summed E-state index contributed by atoms with van der Waals surface area (Å²) in [5.41, 5.74) is 0.0715. The van der Waals surface area contributed by atoms with Crippen LogP contribution in [0.3, 0.4) is 0 Å². The highest BCUT2D eigenvalue weighted by Gasteiger charge is 2.24. The number of esters is 1. The number of nitrogens with zero attached hydrogens (tertiary/aromatic N) is 1. The molecule has 0 saturated carbocycles. The van der Waals surface area contributed by atoms with Crippen molar-refractivity contribution < 1.29 is 23.6 Å². The second-order valence-electron chi connectivity index (χ2n) is 8.69. The van der Waals surface area contributed by atoms with Gasteiger partial charge in [-0.1, -0.05) is 19.6 Å². The topological polar surface area (TPSA) is 109 Å². The zero-order chi connectivity index (χ0) is 23.5. The van der Waals surface area contributed by atoms with Crippen molar-refractivity contribution in [2.45, 2.75) is 38.7 Å². The molecule has 0 aliphatic carbocycles. The molecule has 0 amide bonds. The number of ether oxygens (including phenoxy) is 2. The molecule has 3 aromatic rings. The summed E-state index contributed by atoms with van der Waals surface area (Å²) in [6.07, 6.45) is -0.694. The second-order valence-corrected chi connectivity index (χ2v) is 14.3. The molecule has 9 heteroatoms. The molecule has 1 unspecified atom stereocenters. The Morgan fingerprint density at radius 2 is 1.84 bits per heavy atom. The van der Waals surface area contributed by atoms with Gasteiger partial charge in [0.2, 0.25) is 0 Å². The lowest BCUT2D eigenvalue weighted by Gasteiger charge is -2.17. The standard InChI is InChI=1S/C23H25NO7Si/c1-15(30-18-8-5-16-7-10-22(25)31-21(16)14-18)19-9-6-17(13-20(19)24(27)28)23(26)29-11-12-32(2,3)4/h5-10,13-15H,11-12H2,1-4H3. The van der Waals surface area contributed by atoms with Gasteiger partial charge in [-0.25, -0.2) is 9.59 Å². The Hall–Kier alpha value is -3.46. The van der Waals surface area contributed by atoms with Crippen molar-refractivity contribution in [1.29, 1.82) is 0 Å². The fourth-order valence-electron chi connectivity index (χ4n) is 3.09. The molecular weight excluding hydrogens is 430 g/mol. The van der Waals surface area contributed by atoms with Crippen molar-refractivity contribution >= 4 is 30.7 Å². The molecule has 0 radical (unpaired) electrons. The lowest BCUT2D eigenvalue weighted by Crippen LogP contribution is -2.22. The number of hydrogen-bond donors (Lipinski definition) is 0. The van der Waals surface area contributed by atoms with Crippen molar-refractivity contribution in [3.63, 3.8) is 0 Å². The SMILES string of the molecule is CC(Oc1ccc2ccc(=O)oc2c1)c1ccc(C(=O)OCC[Si](C)(C)C)cc1[N+](=O)[O-]. The summed E-state index contributed by atoms with van der Waals surface area (Å²) in [5, 5.41) is 12.4. The van der Waals surface area contributed by atoms with Crippen LogP contribution in [0.15, 0.2) is 57.7 Å². The van der Waals surface area contributed by atoms with Gasteiger partial charge in [-0.3, -0.25) is 10.1 Å². The molecule has 3 rings (SSSR count). The van der Waals surface area contributed by atoms with Gasteiger partial charge in [0.05, 0.1) is 22.7 Å². The van der Waals surface area contributed by atoms with E-state index >= 15 is 0 Å². The molecule has 8 nitrogen and oxygen atoms in total. The molecule has 0 saturated heterocycles. The summed E-state index contributed by atoms with van der Waals surface area (Å²) in [4.78, 5) is 34.9. The van der Waals surface area contributed by atoms with E-state index in [0.29, 0.717) is 23.5 Å². The van der Waals surface area contributed by atoms with Crippen LogP contribution in [0.2, 0.25) is 25.7 Å². The number of benzene rings is 2. The molecule has 0 fully saturated rings. The van der Waals surface area contributed by atoms with Gasteiger partial charge >= 0.3 is 11.6 Å². The summed E-state index contributed by atoms with van der Waals surface area (Å²) in [7, 11) is -1.36. The molecule has 168 valence electrons. The molecule has 1 aromatic heterocycles. The number of nitro groups is 1. The first-order chi connectivity index (χ1) is 15.0. The lowest BCUT2D eigenvalue weighted by atomic mass is 10.0. The van der Waals surface area contributed by atoms with Crippen LogP contribution in [0.5, 0.6) is 5.75 Å². The first kappa shape index (κ1) is 23.2. The number of carbonyl (C=O) groups excluding carboxylic acids is 1. The van der Waals surface area contributed by atoms with Crippen LogP contribution >= 0.6 is 0 Å². The van der Waals surface area contributed by atoms with E-state index in [1.165, 1.54) is 24.3 Å². The van der Waals surface area contributed by atoms with Gasteiger partial charge in [0.25, 0.3) is 5.69 Å². The Morgan fingerprint density at radius 3 is 2.53 bits per heavy atom. The largest absolute Gasteiger partial charge is 0.486 e. The third kappa shape index (κ3) is 5.82. The molecule has 32 heavy (non-hydrogen) atoms. The first-order valence-electron chi connectivity index (χ1n) is 10.2. The number of nitro benzene ring substituents is 1. The van der Waals surface area contributed by atoms with Crippen LogP contribution in [0.1, 0.15) is 28.9 Å². The maximum atomic E-state index is 12.3. The van der Waals surface area contributed by atoms with Crippen LogP contribution in [0.4, 0.5) is 5.69 Å². The summed E-state index contributed by atoms with van der Waals surface area (Å²) in [6.45, 7) is 8.47. The van der Waals surface area contributed by atoms with Crippen LogP contribution in [-0.4, -0.2) is 25.6 Å². The van der Waals surface area contributed by atoms with Gasteiger partial charge in [-0.05, 0) is 43.3 Å². The third-order valence-corrected chi connectivity index (χ3v) is 6.60. The van der Waals surface area contributed by atoms with E-state index in [0.717, 1.165) is 11.4 Å². The Labute approximate surface area is 185 Å². The number of rotatable bonds is 8. The zero-order valence-corrected chi connectivity index (χ0v) is 19.4. The smallest absolute Gasteiger partial charge is 0.338 e. The van der Waals surface area contributed by atoms with Crippen molar-refractivity contribution in [2.75, 3.05) is 6.61 Å². The normalized spacial score (nSPS) is 12.4. The zero-order valence-electron chi connectivity index (χ0n) is 18.4. The highest BCUT2D eigenvalue weighted by molar-refractivity contribution is 6.76. The van der Waals surface area contributed by atoms with Gasteiger partial charge in [-0.15, -0.1) is 0 Å². The first-order valence-corrected chi connectivity index (χ1v) is 13.9. The van der Waals surface area contributed by atoms with Crippen LogP contribution in [0, 0.1) is 10.1 Å². The Bertz CT molecular complexity index is 1210. The summed E-state index contributed by atoms with van der Waals surface area (Å²) in [6, 6.07) is 13.0. The molecule has 0 aliphatic rings. The Kier molecular flexibility index (Phi) is 6.78. The summed E-state index contributed by atoms with van der Waals surface area (Å²) in [5.74, 6) is -0.195. The van der Waals surface area contributed by atoms with Crippen molar-refractivity contribution in [3.8, 4) is 5.75 Å². The van der Waals surface area contributed by atoms with Crippen molar-refractivity contribution in [3.05, 3.63) is 80.2 Å². The minimum atomic E-state index is -1.36. The van der Waals surface area contributed by atoms with Crippen LogP contribution < -0.4 is 10.4 Å². The van der Waals surface area contributed by atoms with Gasteiger partial charge in [0.1, 0.15) is 17.4 Å². The van der Waals surface area contributed by atoms with E-state index in [1.54, 1.807) is 31.2 Å². The molecule has 0 bridgehead atoms. The van der Waals surface area contributed by atoms with Crippen LogP contribution in [0.25, 0.3) is 11.0 Å². The van der Waals surface area contributed by atoms with E-state index in [2.05, 4.69) is 19.6 Å². The van der Waals surface area contributed by atoms with Gasteiger partial charge < -0.3 is 13.9 Å². The highest BCUT2D eigenvalue weighted by atomic mass is 28.3. The van der Waals surface area contributed by atoms with Crippen molar-refractivity contribution in [1.82, 2.24) is 0 Å². The molecule has 2 aromatic carbocycles. The molecule has 1 heterocycles. The minimum absolute atomic E-state index is 0.121. The number of fused-ring (bicyclic) bond motifs is 1. The van der Waals surface area contributed by atoms with E-state index in [-0.39, 0.29) is 11.3 Å². The highest BCUT2D eigenvalue weighted by Crippen LogP contribution is 2.31. The van der Waals surface area contributed by atoms with Crippen molar-refractivity contribution in [2.24, 2.45) is 0 Å².